The van der Waals surface area contributed by atoms with Crippen LogP contribution in [-0.2, 0) is 22.6 Å². The fourth-order valence-corrected chi connectivity index (χ4v) is 2.01. The fourth-order valence-electron chi connectivity index (χ4n) is 1.88. The van der Waals surface area contributed by atoms with Gasteiger partial charge >= 0.3 is 11.9 Å². The third-order valence-electron chi connectivity index (χ3n) is 2.89. The van der Waals surface area contributed by atoms with Crippen molar-refractivity contribution in [2.24, 2.45) is 0 Å². The predicted molar refractivity (Wildman–Crippen MR) is 86.6 cm³/mol. The molecule has 10 heteroatoms. The van der Waals surface area contributed by atoms with Crippen LogP contribution >= 0.6 is 11.6 Å². The molecule has 2 rings (SSSR count). The minimum atomic E-state index is -4.40. The molecule has 0 N–H and O–H groups in total. The first kappa shape index (κ1) is 20.9. The monoisotopic (exact) mass is 379 g/mol. The second-order valence-electron chi connectivity index (χ2n) is 4.89. The van der Waals surface area contributed by atoms with Crippen molar-refractivity contribution in [1.82, 2.24) is 14.3 Å². The van der Waals surface area contributed by atoms with Gasteiger partial charge in [0.2, 0.25) is 0 Å². The molecule has 0 aliphatic rings. The van der Waals surface area contributed by atoms with Crippen LogP contribution < -0.4 is 5.69 Å². The Hall–Kier alpha value is -2.13. The number of carbonyl (C=O) groups is 1. The number of carbonyl (C=O) groups excluding carboxylic acids is 1. The maximum atomic E-state index is 12.4. The van der Waals surface area contributed by atoms with Crippen LogP contribution in [0, 0.1) is 0 Å². The summed E-state index contributed by atoms with van der Waals surface area (Å²) in [5, 5.41) is 4.37. The van der Waals surface area contributed by atoms with Crippen molar-refractivity contribution in [2.45, 2.75) is 25.7 Å². The zero-order chi connectivity index (χ0) is 19.0. The number of alkyl halides is 3. The summed E-state index contributed by atoms with van der Waals surface area (Å²) >= 11 is 5.76. The van der Waals surface area contributed by atoms with Crippen molar-refractivity contribution in [3.05, 3.63) is 39.8 Å². The van der Waals surface area contributed by atoms with Crippen molar-refractivity contribution in [2.75, 3.05) is 14.2 Å². The van der Waals surface area contributed by atoms with Gasteiger partial charge in [0.05, 0.1) is 6.42 Å². The minimum Gasteiger partial charge on any atom is -0.388 e. The van der Waals surface area contributed by atoms with Gasteiger partial charge < -0.3 is 9.53 Å². The Morgan fingerprint density at radius 3 is 2.28 bits per heavy atom. The second kappa shape index (κ2) is 9.38. The summed E-state index contributed by atoms with van der Waals surface area (Å²) in [6, 6.07) is 6.15. The van der Waals surface area contributed by atoms with Crippen molar-refractivity contribution < 1.29 is 22.7 Å². The van der Waals surface area contributed by atoms with E-state index in [2.05, 4.69) is 9.84 Å². The number of aromatic nitrogens is 3. The van der Waals surface area contributed by atoms with E-state index in [1.54, 1.807) is 26.4 Å². The molecule has 2 aromatic rings. The standard InChI is InChI=1S/C13H11ClF3N3O2.C2H6O/c14-10-3-1-9(2-4-10)11-18-20(7-8-21)12(22)19(11)6-5-13(15,16)17;1-3-2/h1-4,8H,5-7H2;1-2H3. The second-order valence-corrected chi connectivity index (χ2v) is 5.32. The van der Waals surface area contributed by atoms with Gasteiger partial charge in [-0.3, -0.25) is 4.57 Å². The van der Waals surface area contributed by atoms with E-state index in [1.165, 1.54) is 12.1 Å². The van der Waals surface area contributed by atoms with Gasteiger partial charge in [0.1, 0.15) is 12.8 Å². The molecule has 1 aromatic heterocycles. The zero-order valence-corrected chi connectivity index (χ0v) is 14.3. The van der Waals surface area contributed by atoms with Crippen LogP contribution in [0.5, 0.6) is 0 Å². The fraction of sp³-hybridized carbons (Fsp3) is 0.400. The molecule has 0 unspecified atom stereocenters. The van der Waals surface area contributed by atoms with Gasteiger partial charge in [-0.25, -0.2) is 9.48 Å². The average Bonchev–Trinajstić information content (AvgIpc) is 2.83. The first-order chi connectivity index (χ1) is 11.7. The van der Waals surface area contributed by atoms with Crippen molar-refractivity contribution >= 4 is 17.9 Å². The third kappa shape index (κ3) is 6.35. The normalized spacial score (nSPS) is 11.0. The number of benzene rings is 1. The maximum absolute atomic E-state index is 12.4. The number of nitrogens with zero attached hydrogens (tertiary/aromatic N) is 3. The molecule has 1 heterocycles. The van der Waals surface area contributed by atoms with E-state index in [0.29, 0.717) is 16.9 Å². The van der Waals surface area contributed by atoms with E-state index in [4.69, 9.17) is 11.6 Å². The predicted octanol–water partition coefficient (Wildman–Crippen LogP) is 2.78. The molecule has 25 heavy (non-hydrogen) atoms. The maximum Gasteiger partial charge on any atom is 0.390 e. The van der Waals surface area contributed by atoms with Crippen LogP contribution in [0.3, 0.4) is 0 Å². The highest BCUT2D eigenvalue weighted by Crippen LogP contribution is 2.23. The van der Waals surface area contributed by atoms with Crippen molar-refractivity contribution in [3.63, 3.8) is 0 Å². The minimum absolute atomic E-state index is 0.0627. The molecule has 0 aliphatic carbocycles. The Morgan fingerprint density at radius 2 is 1.80 bits per heavy atom. The Balaban J connectivity index is 0.000000970. The summed E-state index contributed by atoms with van der Waals surface area (Å²) < 4.78 is 43.2. The highest BCUT2D eigenvalue weighted by atomic mass is 35.5. The smallest absolute Gasteiger partial charge is 0.388 e. The highest BCUT2D eigenvalue weighted by Gasteiger charge is 2.28. The molecule has 0 atom stereocenters. The van der Waals surface area contributed by atoms with E-state index in [0.717, 1.165) is 9.25 Å². The van der Waals surface area contributed by atoms with Crippen LogP contribution in [0.15, 0.2) is 29.1 Å². The van der Waals surface area contributed by atoms with Crippen LogP contribution in [0.2, 0.25) is 5.02 Å². The molecule has 0 spiro atoms. The van der Waals surface area contributed by atoms with Gasteiger partial charge in [-0.1, -0.05) is 11.6 Å². The van der Waals surface area contributed by atoms with Gasteiger partial charge in [-0.15, -0.1) is 5.10 Å². The topological polar surface area (TPSA) is 66.1 Å². The Bertz CT molecular complexity index is 739. The Morgan fingerprint density at radius 1 is 1.24 bits per heavy atom. The van der Waals surface area contributed by atoms with E-state index >= 15 is 0 Å². The Labute approximate surface area is 146 Å². The van der Waals surface area contributed by atoms with Gasteiger partial charge in [-0.2, -0.15) is 13.2 Å². The molecule has 0 fully saturated rings. The molecular formula is C15H17ClF3N3O3. The largest absolute Gasteiger partial charge is 0.390 e. The van der Waals surface area contributed by atoms with Gasteiger partial charge in [0, 0.05) is 31.4 Å². The molecule has 0 aliphatic heterocycles. The van der Waals surface area contributed by atoms with E-state index in [1.807, 2.05) is 0 Å². The number of methoxy groups -OCH3 is 1. The molecule has 1 aromatic carbocycles. The van der Waals surface area contributed by atoms with Gasteiger partial charge in [0.15, 0.2) is 5.82 Å². The van der Waals surface area contributed by atoms with Crippen LogP contribution in [0.4, 0.5) is 13.2 Å². The summed E-state index contributed by atoms with van der Waals surface area (Å²) in [7, 11) is 3.25. The highest BCUT2D eigenvalue weighted by molar-refractivity contribution is 6.30. The lowest BCUT2D eigenvalue weighted by Gasteiger charge is -2.08. The summed E-state index contributed by atoms with van der Waals surface area (Å²) in [6.45, 7) is -0.891. The summed E-state index contributed by atoms with van der Waals surface area (Å²) in [5.74, 6) is 0.0627. The lowest BCUT2D eigenvalue weighted by molar-refractivity contribution is -0.136. The third-order valence-corrected chi connectivity index (χ3v) is 3.14. The van der Waals surface area contributed by atoms with Crippen LogP contribution in [0.1, 0.15) is 6.42 Å². The van der Waals surface area contributed by atoms with Gasteiger partial charge in [-0.05, 0) is 24.3 Å². The number of aldehydes is 1. The number of halogens is 4. The number of ether oxygens (including phenoxy) is 1. The molecule has 0 radical (unpaired) electrons. The summed E-state index contributed by atoms with van der Waals surface area (Å²) in [5.41, 5.74) is -0.324. The van der Waals surface area contributed by atoms with Crippen LogP contribution in [0.25, 0.3) is 11.4 Å². The molecule has 0 saturated carbocycles. The van der Waals surface area contributed by atoms with E-state index in [9.17, 15) is 22.8 Å². The Kier molecular flexibility index (Phi) is 7.85. The molecule has 0 bridgehead atoms. The molecular weight excluding hydrogens is 363 g/mol. The van der Waals surface area contributed by atoms with Crippen molar-refractivity contribution in [1.29, 1.82) is 0 Å². The summed E-state index contributed by atoms with van der Waals surface area (Å²) in [6.07, 6.45) is -5.11. The lowest BCUT2D eigenvalue weighted by atomic mass is 10.2. The lowest BCUT2D eigenvalue weighted by Crippen LogP contribution is -2.27. The van der Waals surface area contributed by atoms with E-state index < -0.39 is 24.8 Å². The van der Waals surface area contributed by atoms with Gasteiger partial charge in [0.25, 0.3) is 0 Å². The first-order valence-corrected chi connectivity index (χ1v) is 7.45. The number of hydrogen-bond donors (Lipinski definition) is 0. The number of hydrogen-bond acceptors (Lipinski definition) is 4. The SMILES string of the molecule is COC.O=CCn1nc(-c2ccc(Cl)cc2)n(CCC(F)(F)F)c1=O. The first-order valence-electron chi connectivity index (χ1n) is 7.07. The summed E-state index contributed by atoms with van der Waals surface area (Å²) in [4.78, 5) is 22.6. The molecule has 0 saturated heterocycles. The van der Waals surface area contributed by atoms with E-state index in [-0.39, 0.29) is 12.4 Å². The zero-order valence-electron chi connectivity index (χ0n) is 13.6. The van der Waals surface area contributed by atoms with Crippen LogP contribution in [-0.4, -0.2) is 41.0 Å². The number of rotatable bonds is 5. The molecule has 138 valence electrons. The molecule has 6 nitrogen and oxygen atoms in total. The average molecular weight is 380 g/mol. The quantitative estimate of drug-likeness (QED) is 0.749. The van der Waals surface area contributed by atoms with Crippen molar-refractivity contribution in [3.8, 4) is 11.4 Å². The molecule has 0 amide bonds.